The van der Waals surface area contributed by atoms with Gasteiger partial charge in [0.2, 0.25) is 0 Å². The Bertz CT molecular complexity index is 1480. The Hall–Kier alpha value is -3.25. The molecular formula is C29H33F4N5O2S. The number of nitrogens with zero attached hydrogens (tertiary/aromatic N) is 4. The van der Waals surface area contributed by atoms with Crippen LogP contribution in [0.5, 0.6) is 0 Å². The zero-order valence-corrected chi connectivity index (χ0v) is 23.7. The second kappa shape index (κ2) is 11.6. The molecule has 2 aromatic carbocycles. The molecule has 1 aliphatic carbocycles. The maximum Gasteiger partial charge on any atom is 0.416 e. The molecule has 1 fully saturated rings. The molecule has 0 saturated heterocycles. The molecule has 1 N–H and O–H groups in total. The van der Waals surface area contributed by atoms with Crippen LogP contribution in [-0.2, 0) is 22.6 Å². The predicted octanol–water partition coefficient (Wildman–Crippen LogP) is 5.70. The number of aromatic nitrogens is 2. The van der Waals surface area contributed by atoms with Crippen LogP contribution in [0.25, 0.3) is 0 Å². The molecule has 2 aliphatic rings. The Morgan fingerprint density at radius 3 is 2.63 bits per heavy atom. The van der Waals surface area contributed by atoms with Gasteiger partial charge in [0.1, 0.15) is 22.9 Å². The number of rotatable bonds is 7. The van der Waals surface area contributed by atoms with E-state index < -0.39 is 32.5 Å². The highest BCUT2D eigenvalue weighted by atomic mass is 32.2. The lowest BCUT2D eigenvalue weighted by molar-refractivity contribution is -0.137. The van der Waals surface area contributed by atoms with Gasteiger partial charge in [0.25, 0.3) is 10.0 Å². The highest BCUT2D eigenvalue weighted by molar-refractivity contribution is 7.92. The van der Waals surface area contributed by atoms with Crippen molar-refractivity contribution in [3.8, 4) is 0 Å². The van der Waals surface area contributed by atoms with Gasteiger partial charge in [-0.1, -0.05) is 18.2 Å². The second-order valence-electron chi connectivity index (χ2n) is 11.1. The molecule has 5 rings (SSSR count). The molecule has 7 nitrogen and oxygen atoms in total. The van der Waals surface area contributed by atoms with E-state index in [0.717, 1.165) is 31.0 Å². The topological polar surface area (TPSA) is 78.4 Å². The molecular weight excluding hydrogens is 558 g/mol. The lowest BCUT2D eigenvalue weighted by Gasteiger charge is -2.46. The number of aryl methyl sites for hydroxylation is 1. The number of nitrogens with one attached hydrogen (secondary N) is 1. The van der Waals surface area contributed by atoms with Crippen LogP contribution in [0.3, 0.4) is 0 Å². The van der Waals surface area contributed by atoms with Crippen molar-refractivity contribution in [2.45, 2.75) is 55.1 Å². The zero-order valence-electron chi connectivity index (χ0n) is 22.9. The lowest BCUT2D eigenvalue weighted by Crippen LogP contribution is -2.49. The maximum atomic E-state index is 15.5. The molecule has 220 valence electrons. The minimum absolute atomic E-state index is 0.0140. The summed E-state index contributed by atoms with van der Waals surface area (Å²) in [5, 5.41) is 0. The highest BCUT2D eigenvalue weighted by Gasteiger charge is 2.38. The number of hydrogen-bond acceptors (Lipinski definition) is 6. The monoisotopic (exact) mass is 591 g/mol. The number of halogens is 4. The Labute approximate surface area is 237 Å². The van der Waals surface area contributed by atoms with Crippen LogP contribution in [0, 0.1) is 11.7 Å². The number of fused-ring (bicyclic) bond motifs is 1. The van der Waals surface area contributed by atoms with E-state index in [0.29, 0.717) is 37.1 Å². The minimum Gasteiger partial charge on any atom is -0.368 e. The normalized spacial score (nSPS) is 21.5. The fourth-order valence-electron chi connectivity index (χ4n) is 6.30. The second-order valence-corrected chi connectivity index (χ2v) is 12.8. The van der Waals surface area contributed by atoms with Crippen LogP contribution in [0.1, 0.15) is 48.3 Å². The number of anilines is 2. The van der Waals surface area contributed by atoms with Crippen LogP contribution >= 0.6 is 0 Å². The zero-order chi connectivity index (χ0) is 29.4. The fourth-order valence-corrected chi connectivity index (χ4v) is 7.42. The Kier molecular flexibility index (Phi) is 8.24. The van der Waals surface area contributed by atoms with Crippen molar-refractivity contribution in [3.05, 3.63) is 77.5 Å². The molecule has 1 aliphatic heterocycles. The highest BCUT2D eigenvalue weighted by Crippen LogP contribution is 2.43. The summed E-state index contributed by atoms with van der Waals surface area (Å²) in [7, 11) is -0.281. The van der Waals surface area contributed by atoms with E-state index in [2.05, 4.69) is 24.5 Å². The number of benzene rings is 2. The molecule has 1 saturated carbocycles. The summed E-state index contributed by atoms with van der Waals surface area (Å²) in [4.78, 5) is 11.5. The van der Waals surface area contributed by atoms with E-state index in [1.54, 1.807) is 6.07 Å². The number of sulfonamides is 1. The summed E-state index contributed by atoms with van der Waals surface area (Å²) < 4.78 is 84.0. The van der Waals surface area contributed by atoms with Crippen LogP contribution in [0.2, 0.25) is 0 Å². The smallest absolute Gasteiger partial charge is 0.368 e. The van der Waals surface area contributed by atoms with Gasteiger partial charge in [-0.05, 0) is 93.4 Å². The first-order chi connectivity index (χ1) is 19.4. The standard InChI is InChI=1S/C29H33F4N5O2S/c1-37(2)17-22-13-20(19-5-3-7-23(14-19)29(31,32)33)8-9-25(22)38-12-4-6-21-15-27(24(30)16-26(21)38)41(39,40)36-28-10-11-34-18-35-28/h3,5,7,10-11,14-16,18,20,22,25H,4,6,8-9,12-13,17H2,1-2H3,(H,34,35,36)/t20-,22+,25-/m0/s1. The summed E-state index contributed by atoms with van der Waals surface area (Å²) >= 11 is 0. The largest absolute Gasteiger partial charge is 0.416 e. The van der Waals surface area contributed by atoms with Crippen molar-refractivity contribution in [1.29, 1.82) is 0 Å². The van der Waals surface area contributed by atoms with E-state index in [1.807, 2.05) is 14.1 Å². The van der Waals surface area contributed by atoms with Gasteiger partial charge in [-0.2, -0.15) is 13.2 Å². The van der Waals surface area contributed by atoms with Crippen molar-refractivity contribution < 1.29 is 26.0 Å². The van der Waals surface area contributed by atoms with Crippen molar-refractivity contribution >= 4 is 21.5 Å². The van der Waals surface area contributed by atoms with E-state index in [9.17, 15) is 21.6 Å². The summed E-state index contributed by atoms with van der Waals surface area (Å²) in [6, 6.07) is 9.76. The van der Waals surface area contributed by atoms with Crippen LogP contribution in [-0.4, -0.2) is 56.5 Å². The van der Waals surface area contributed by atoms with Gasteiger partial charge in [-0.25, -0.2) is 22.8 Å². The van der Waals surface area contributed by atoms with E-state index in [4.69, 9.17) is 0 Å². The van der Waals surface area contributed by atoms with Gasteiger partial charge in [0.05, 0.1) is 5.56 Å². The molecule has 12 heteroatoms. The number of alkyl halides is 3. The van der Waals surface area contributed by atoms with Gasteiger partial charge in [0, 0.05) is 31.0 Å². The molecule has 41 heavy (non-hydrogen) atoms. The van der Waals surface area contributed by atoms with Gasteiger partial charge in [-0.15, -0.1) is 0 Å². The molecule has 0 amide bonds. The van der Waals surface area contributed by atoms with Gasteiger partial charge >= 0.3 is 6.18 Å². The van der Waals surface area contributed by atoms with Crippen LogP contribution < -0.4 is 9.62 Å². The van der Waals surface area contributed by atoms with Crippen molar-refractivity contribution in [2.24, 2.45) is 5.92 Å². The van der Waals surface area contributed by atoms with Crippen LogP contribution in [0.4, 0.5) is 29.1 Å². The first-order valence-corrected chi connectivity index (χ1v) is 15.1. The van der Waals surface area contributed by atoms with Gasteiger partial charge in [-0.3, -0.25) is 4.72 Å². The minimum atomic E-state index is -4.39. The predicted molar refractivity (Wildman–Crippen MR) is 149 cm³/mol. The molecule has 0 spiro atoms. The summed E-state index contributed by atoms with van der Waals surface area (Å²) in [5.41, 5.74) is 1.49. The molecule has 0 unspecified atom stereocenters. The summed E-state index contributed by atoms with van der Waals surface area (Å²) in [6.45, 7) is 1.42. The molecule has 2 heterocycles. The first-order valence-electron chi connectivity index (χ1n) is 13.6. The maximum absolute atomic E-state index is 15.5. The molecule has 0 radical (unpaired) electrons. The number of hydrogen-bond donors (Lipinski definition) is 1. The summed E-state index contributed by atoms with van der Waals surface area (Å²) in [5.74, 6) is -0.697. The Morgan fingerprint density at radius 2 is 1.93 bits per heavy atom. The van der Waals surface area contributed by atoms with Crippen molar-refractivity contribution in [3.63, 3.8) is 0 Å². The van der Waals surface area contributed by atoms with E-state index in [1.165, 1.54) is 42.9 Å². The SMILES string of the molecule is CN(C)C[C@H]1C[C@@H](c2cccc(C(F)(F)F)c2)CC[C@@H]1N1CCCc2cc(S(=O)(=O)Nc3ccncn3)c(F)cc21. The van der Waals surface area contributed by atoms with Crippen molar-refractivity contribution in [2.75, 3.05) is 36.8 Å². The Balaban J connectivity index is 1.42. The van der Waals surface area contributed by atoms with E-state index >= 15 is 4.39 Å². The molecule has 0 bridgehead atoms. The quantitative estimate of drug-likeness (QED) is 0.355. The van der Waals surface area contributed by atoms with E-state index in [-0.39, 0.29) is 23.7 Å². The lowest BCUT2D eigenvalue weighted by atomic mass is 9.73. The molecule has 3 aromatic rings. The average Bonchev–Trinajstić information content (AvgIpc) is 2.92. The molecule has 3 atom stereocenters. The fraction of sp³-hybridized carbons (Fsp3) is 0.448. The summed E-state index contributed by atoms with van der Waals surface area (Å²) in [6.07, 6.45) is 1.72. The van der Waals surface area contributed by atoms with Crippen LogP contribution in [0.15, 0.2) is 59.9 Å². The van der Waals surface area contributed by atoms with Crippen molar-refractivity contribution in [1.82, 2.24) is 14.9 Å². The third-order valence-electron chi connectivity index (χ3n) is 8.03. The molecule has 1 aromatic heterocycles. The average molecular weight is 592 g/mol. The third-order valence-corrected chi connectivity index (χ3v) is 9.40. The van der Waals surface area contributed by atoms with Gasteiger partial charge in [0.15, 0.2) is 0 Å². The third kappa shape index (κ3) is 6.48. The Morgan fingerprint density at radius 1 is 1.12 bits per heavy atom. The first kappa shape index (κ1) is 29.2. The van der Waals surface area contributed by atoms with Gasteiger partial charge < -0.3 is 9.80 Å².